The van der Waals surface area contributed by atoms with Gasteiger partial charge in [-0.25, -0.2) is 4.79 Å². The topological polar surface area (TPSA) is 46.5 Å². The minimum Gasteiger partial charge on any atom is -0.490 e. The first-order chi connectivity index (χ1) is 7.58. The van der Waals surface area contributed by atoms with E-state index >= 15 is 0 Å². The highest BCUT2D eigenvalue weighted by Gasteiger charge is 2.14. The molecule has 0 aliphatic carbocycles. The zero-order valence-corrected chi connectivity index (χ0v) is 9.99. The number of rotatable bonds is 5. The predicted molar refractivity (Wildman–Crippen MR) is 63.1 cm³/mol. The number of aryl methyl sites for hydroxylation is 1. The highest BCUT2D eigenvalue weighted by atomic mass is 16.5. The van der Waals surface area contributed by atoms with Gasteiger partial charge in [-0.05, 0) is 31.9 Å². The lowest BCUT2D eigenvalue weighted by molar-refractivity contribution is 0.0688. The largest absolute Gasteiger partial charge is 0.490 e. The molecule has 16 heavy (non-hydrogen) atoms. The number of aromatic carboxylic acids is 1. The first kappa shape index (κ1) is 12.6. The standard InChI is InChI=1S/C13H18O3/c1-4-10(5-2)16-12-7-6-9(3)8-11(12)13(14)15/h6-8,10H,4-5H2,1-3H3,(H,14,15). The lowest BCUT2D eigenvalue weighted by Crippen LogP contribution is -2.15. The number of carboxylic acid groups (broad SMARTS) is 1. The van der Waals surface area contributed by atoms with Crippen molar-refractivity contribution in [3.05, 3.63) is 29.3 Å². The fourth-order valence-electron chi connectivity index (χ4n) is 1.55. The Hall–Kier alpha value is -1.51. The number of carbonyl (C=O) groups is 1. The molecule has 0 unspecified atom stereocenters. The maximum Gasteiger partial charge on any atom is 0.339 e. The van der Waals surface area contributed by atoms with Crippen LogP contribution in [0.1, 0.15) is 42.6 Å². The summed E-state index contributed by atoms with van der Waals surface area (Å²) in [6.45, 7) is 5.93. The first-order valence-electron chi connectivity index (χ1n) is 5.59. The molecule has 0 radical (unpaired) electrons. The fraction of sp³-hybridized carbons (Fsp3) is 0.462. The summed E-state index contributed by atoms with van der Waals surface area (Å²) in [4.78, 5) is 11.1. The van der Waals surface area contributed by atoms with E-state index in [0.717, 1.165) is 18.4 Å². The molecule has 0 saturated heterocycles. The van der Waals surface area contributed by atoms with Crippen LogP contribution in [0.2, 0.25) is 0 Å². The van der Waals surface area contributed by atoms with Crippen molar-refractivity contribution in [3.8, 4) is 5.75 Å². The van der Waals surface area contributed by atoms with Gasteiger partial charge in [0.25, 0.3) is 0 Å². The van der Waals surface area contributed by atoms with Crippen LogP contribution in [-0.4, -0.2) is 17.2 Å². The quantitative estimate of drug-likeness (QED) is 0.831. The molecular weight excluding hydrogens is 204 g/mol. The summed E-state index contributed by atoms with van der Waals surface area (Å²) in [7, 11) is 0. The highest BCUT2D eigenvalue weighted by Crippen LogP contribution is 2.22. The average Bonchev–Trinajstić information content (AvgIpc) is 2.27. The second-order valence-electron chi connectivity index (χ2n) is 3.86. The summed E-state index contributed by atoms with van der Waals surface area (Å²) in [5.41, 5.74) is 1.17. The van der Waals surface area contributed by atoms with Crippen molar-refractivity contribution in [3.63, 3.8) is 0 Å². The van der Waals surface area contributed by atoms with Crippen LogP contribution in [0.25, 0.3) is 0 Å². The van der Waals surface area contributed by atoms with Crippen LogP contribution in [0.5, 0.6) is 5.75 Å². The third kappa shape index (κ3) is 2.99. The van der Waals surface area contributed by atoms with E-state index in [2.05, 4.69) is 0 Å². The van der Waals surface area contributed by atoms with Gasteiger partial charge in [-0.15, -0.1) is 0 Å². The lowest BCUT2D eigenvalue weighted by Gasteiger charge is -2.17. The molecule has 0 spiro atoms. The average molecular weight is 222 g/mol. The van der Waals surface area contributed by atoms with Gasteiger partial charge in [0, 0.05) is 0 Å². The van der Waals surface area contributed by atoms with Crippen LogP contribution >= 0.6 is 0 Å². The fourth-order valence-corrected chi connectivity index (χ4v) is 1.55. The van der Waals surface area contributed by atoms with E-state index < -0.39 is 5.97 Å². The van der Waals surface area contributed by atoms with Gasteiger partial charge in [0.1, 0.15) is 11.3 Å². The molecule has 0 amide bonds. The zero-order valence-electron chi connectivity index (χ0n) is 9.99. The van der Waals surface area contributed by atoms with Gasteiger partial charge < -0.3 is 9.84 Å². The van der Waals surface area contributed by atoms with Crippen molar-refractivity contribution in [2.45, 2.75) is 39.7 Å². The van der Waals surface area contributed by atoms with Crippen LogP contribution in [0.3, 0.4) is 0 Å². The lowest BCUT2D eigenvalue weighted by atomic mass is 10.1. The summed E-state index contributed by atoms with van der Waals surface area (Å²) >= 11 is 0. The molecule has 3 heteroatoms. The zero-order chi connectivity index (χ0) is 12.1. The van der Waals surface area contributed by atoms with Gasteiger partial charge in [0.15, 0.2) is 0 Å². The van der Waals surface area contributed by atoms with Crippen molar-refractivity contribution >= 4 is 5.97 Å². The van der Waals surface area contributed by atoms with Gasteiger partial charge in [0.05, 0.1) is 6.10 Å². The minimum absolute atomic E-state index is 0.0841. The molecule has 0 aliphatic heterocycles. The van der Waals surface area contributed by atoms with Gasteiger partial charge >= 0.3 is 5.97 Å². The number of hydrogen-bond acceptors (Lipinski definition) is 2. The van der Waals surface area contributed by atoms with Crippen molar-refractivity contribution < 1.29 is 14.6 Å². The molecule has 1 N–H and O–H groups in total. The summed E-state index contributed by atoms with van der Waals surface area (Å²) < 4.78 is 5.68. The van der Waals surface area contributed by atoms with Crippen LogP contribution in [-0.2, 0) is 0 Å². The van der Waals surface area contributed by atoms with Gasteiger partial charge in [-0.3, -0.25) is 0 Å². The van der Waals surface area contributed by atoms with Crippen LogP contribution in [0, 0.1) is 6.92 Å². The Morgan fingerprint density at radius 2 is 2.00 bits per heavy atom. The van der Waals surface area contributed by atoms with Gasteiger partial charge in [0.2, 0.25) is 0 Å². The number of carboxylic acids is 1. The SMILES string of the molecule is CCC(CC)Oc1ccc(C)cc1C(=O)O. The van der Waals surface area contributed by atoms with Crippen molar-refractivity contribution in [2.75, 3.05) is 0 Å². The van der Waals surface area contributed by atoms with Crippen molar-refractivity contribution in [2.24, 2.45) is 0 Å². The molecule has 0 aliphatic rings. The Kier molecular flexibility index (Phi) is 4.35. The van der Waals surface area contributed by atoms with E-state index in [9.17, 15) is 4.79 Å². The van der Waals surface area contributed by atoms with Crippen LogP contribution in [0.4, 0.5) is 0 Å². The molecule has 1 aromatic rings. The summed E-state index contributed by atoms with van der Waals surface area (Å²) in [6.07, 6.45) is 1.84. The third-order valence-electron chi connectivity index (χ3n) is 2.57. The Morgan fingerprint density at radius 3 is 2.50 bits per heavy atom. The summed E-state index contributed by atoms with van der Waals surface area (Å²) in [5.74, 6) is -0.476. The monoisotopic (exact) mass is 222 g/mol. The molecule has 0 atom stereocenters. The van der Waals surface area contributed by atoms with Crippen molar-refractivity contribution in [1.29, 1.82) is 0 Å². The highest BCUT2D eigenvalue weighted by molar-refractivity contribution is 5.91. The van der Waals surface area contributed by atoms with Crippen LogP contribution < -0.4 is 4.74 Å². The molecule has 0 saturated carbocycles. The maximum absolute atomic E-state index is 11.1. The molecule has 0 bridgehead atoms. The second kappa shape index (κ2) is 5.54. The van der Waals surface area contributed by atoms with E-state index in [1.54, 1.807) is 12.1 Å². The Labute approximate surface area is 96.1 Å². The van der Waals surface area contributed by atoms with E-state index in [-0.39, 0.29) is 11.7 Å². The van der Waals surface area contributed by atoms with E-state index in [0.29, 0.717) is 5.75 Å². The predicted octanol–water partition coefficient (Wildman–Crippen LogP) is 3.26. The number of hydrogen-bond donors (Lipinski definition) is 1. The Bertz CT molecular complexity index is 367. The molecule has 88 valence electrons. The number of benzene rings is 1. The van der Waals surface area contributed by atoms with Gasteiger partial charge in [-0.1, -0.05) is 25.5 Å². The molecule has 0 aromatic heterocycles. The first-order valence-corrected chi connectivity index (χ1v) is 5.59. The molecule has 0 heterocycles. The molecule has 0 fully saturated rings. The van der Waals surface area contributed by atoms with E-state index in [4.69, 9.17) is 9.84 Å². The Morgan fingerprint density at radius 1 is 1.38 bits per heavy atom. The normalized spacial score (nSPS) is 10.5. The third-order valence-corrected chi connectivity index (χ3v) is 2.57. The number of ether oxygens (including phenoxy) is 1. The van der Waals surface area contributed by atoms with Crippen molar-refractivity contribution in [1.82, 2.24) is 0 Å². The second-order valence-corrected chi connectivity index (χ2v) is 3.86. The van der Waals surface area contributed by atoms with E-state index in [1.807, 2.05) is 26.8 Å². The smallest absolute Gasteiger partial charge is 0.339 e. The molecule has 1 aromatic carbocycles. The molecule has 3 nitrogen and oxygen atoms in total. The maximum atomic E-state index is 11.1. The van der Waals surface area contributed by atoms with Crippen LogP contribution in [0.15, 0.2) is 18.2 Å². The molecule has 1 rings (SSSR count). The van der Waals surface area contributed by atoms with E-state index in [1.165, 1.54) is 0 Å². The molecular formula is C13H18O3. The summed E-state index contributed by atoms with van der Waals surface area (Å²) in [6, 6.07) is 5.24. The minimum atomic E-state index is -0.940. The Balaban J connectivity index is 2.98. The van der Waals surface area contributed by atoms with Gasteiger partial charge in [-0.2, -0.15) is 0 Å². The summed E-state index contributed by atoms with van der Waals surface area (Å²) in [5, 5.41) is 9.07.